The minimum atomic E-state index is -0.183. The minimum Gasteiger partial charge on any atom is -0.206 e. The first-order valence-corrected chi connectivity index (χ1v) is 3.54. The summed E-state index contributed by atoms with van der Waals surface area (Å²) in [4.78, 5) is 0. The van der Waals surface area contributed by atoms with E-state index in [1.165, 1.54) is 6.07 Å². The van der Waals surface area contributed by atoms with Crippen molar-refractivity contribution in [1.82, 2.24) is 0 Å². The van der Waals surface area contributed by atoms with Gasteiger partial charge in [-0.25, -0.2) is 4.39 Å². The van der Waals surface area contributed by atoms with E-state index in [1.807, 2.05) is 19.9 Å². The van der Waals surface area contributed by atoms with Crippen molar-refractivity contribution in [2.45, 2.75) is 13.8 Å². The van der Waals surface area contributed by atoms with Gasteiger partial charge < -0.3 is 0 Å². The molecule has 0 radical (unpaired) electrons. The highest BCUT2D eigenvalue weighted by atomic mass is 19.1. The Labute approximate surface area is 66.4 Å². The van der Waals surface area contributed by atoms with E-state index >= 15 is 0 Å². The zero-order valence-electron chi connectivity index (χ0n) is 6.82. The summed E-state index contributed by atoms with van der Waals surface area (Å²) >= 11 is 0. The summed E-state index contributed by atoms with van der Waals surface area (Å²) < 4.78 is 13.0. The van der Waals surface area contributed by atoms with Crippen LogP contribution in [-0.4, -0.2) is 0 Å². The van der Waals surface area contributed by atoms with Crippen LogP contribution in [0.5, 0.6) is 0 Å². The van der Waals surface area contributed by atoms with Crippen molar-refractivity contribution in [3.63, 3.8) is 0 Å². The molecule has 0 bridgehead atoms. The quantitative estimate of drug-likeness (QED) is 0.577. The van der Waals surface area contributed by atoms with E-state index < -0.39 is 0 Å². The molecule has 0 N–H and O–H groups in total. The maximum Gasteiger partial charge on any atom is 0.130 e. The average molecular weight is 150 g/mol. The third-order valence-electron chi connectivity index (χ3n) is 1.68. The Morgan fingerprint density at radius 1 is 1.36 bits per heavy atom. The Morgan fingerprint density at radius 2 is 2.00 bits per heavy atom. The van der Waals surface area contributed by atoms with Gasteiger partial charge in [0.05, 0.1) is 0 Å². The van der Waals surface area contributed by atoms with Crippen LogP contribution in [0.25, 0.3) is 6.08 Å². The van der Waals surface area contributed by atoms with Gasteiger partial charge in [-0.05, 0) is 31.0 Å². The van der Waals surface area contributed by atoms with Crippen LogP contribution in [0, 0.1) is 19.7 Å². The van der Waals surface area contributed by atoms with Gasteiger partial charge in [-0.15, -0.1) is 0 Å². The van der Waals surface area contributed by atoms with Gasteiger partial charge in [0.2, 0.25) is 0 Å². The molecule has 0 nitrogen and oxygen atoms in total. The summed E-state index contributed by atoms with van der Waals surface area (Å²) in [6.07, 6.45) is 1.55. The van der Waals surface area contributed by atoms with Crippen LogP contribution in [0.2, 0.25) is 0 Å². The van der Waals surface area contributed by atoms with Crippen molar-refractivity contribution in [2.24, 2.45) is 0 Å². The average Bonchev–Trinajstić information content (AvgIpc) is 1.85. The van der Waals surface area contributed by atoms with Gasteiger partial charge in [-0.3, -0.25) is 0 Å². The number of rotatable bonds is 1. The molecule has 0 unspecified atom stereocenters. The second-order valence-corrected chi connectivity index (χ2v) is 2.68. The lowest BCUT2D eigenvalue weighted by Crippen LogP contribution is -1.88. The van der Waals surface area contributed by atoms with Crippen molar-refractivity contribution < 1.29 is 4.39 Å². The molecule has 11 heavy (non-hydrogen) atoms. The summed E-state index contributed by atoms with van der Waals surface area (Å²) in [7, 11) is 0. The van der Waals surface area contributed by atoms with Crippen LogP contribution in [0.4, 0.5) is 4.39 Å². The SMILES string of the molecule is C=Cc1c(C)cc(C)cc1F. The first-order valence-electron chi connectivity index (χ1n) is 3.54. The van der Waals surface area contributed by atoms with Crippen LogP contribution < -0.4 is 0 Å². The van der Waals surface area contributed by atoms with E-state index in [4.69, 9.17) is 0 Å². The van der Waals surface area contributed by atoms with Gasteiger partial charge in [0.25, 0.3) is 0 Å². The molecule has 58 valence electrons. The van der Waals surface area contributed by atoms with Crippen molar-refractivity contribution in [3.05, 3.63) is 41.2 Å². The fourth-order valence-electron chi connectivity index (χ4n) is 1.19. The third kappa shape index (κ3) is 1.48. The molecule has 0 heterocycles. The first kappa shape index (κ1) is 7.99. The van der Waals surface area contributed by atoms with E-state index in [0.29, 0.717) is 5.56 Å². The molecule has 0 aliphatic rings. The molecule has 0 atom stereocenters. The lowest BCUT2D eigenvalue weighted by atomic mass is 10.1. The third-order valence-corrected chi connectivity index (χ3v) is 1.68. The van der Waals surface area contributed by atoms with E-state index in [-0.39, 0.29) is 5.82 Å². The molecule has 0 aromatic heterocycles. The van der Waals surface area contributed by atoms with E-state index in [2.05, 4.69) is 6.58 Å². The van der Waals surface area contributed by atoms with Crippen LogP contribution in [0.3, 0.4) is 0 Å². The predicted molar refractivity (Wildman–Crippen MR) is 46.0 cm³/mol. The summed E-state index contributed by atoms with van der Waals surface area (Å²) in [5.41, 5.74) is 2.50. The van der Waals surface area contributed by atoms with Crippen molar-refractivity contribution in [2.75, 3.05) is 0 Å². The van der Waals surface area contributed by atoms with Gasteiger partial charge >= 0.3 is 0 Å². The Balaban J connectivity index is 3.36. The maximum atomic E-state index is 13.0. The Hall–Kier alpha value is -1.11. The van der Waals surface area contributed by atoms with Crippen LogP contribution in [0.15, 0.2) is 18.7 Å². The Kier molecular flexibility index (Phi) is 2.08. The topological polar surface area (TPSA) is 0 Å². The van der Waals surface area contributed by atoms with Crippen LogP contribution in [-0.2, 0) is 0 Å². The van der Waals surface area contributed by atoms with Crippen LogP contribution in [0.1, 0.15) is 16.7 Å². The zero-order valence-corrected chi connectivity index (χ0v) is 6.82. The standard InChI is InChI=1S/C10H11F/c1-4-9-8(3)5-7(2)6-10(9)11/h4-6H,1H2,2-3H3. The highest BCUT2D eigenvalue weighted by molar-refractivity contribution is 5.53. The molecular weight excluding hydrogens is 139 g/mol. The molecule has 0 amide bonds. The fourth-order valence-corrected chi connectivity index (χ4v) is 1.19. The highest BCUT2D eigenvalue weighted by Gasteiger charge is 2.01. The lowest BCUT2D eigenvalue weighted by molar-refractivity contribution is 0.622. The molecule has 0 aliphatic heterocycles. The van der Waals surface area contributed by atoms with E-state index in [1.54, 1.807) is 6.08 Å². The highest BCUT2D eigenvalue weighted by Crippen LogP contribution is 2.15. The fraction of sp³-hybridized carbons (Fsp3) is 0.200. The summed E-state index contributed by atoms with van der Waals surface area (Å²) in [6, 6.07) is 3.46. The lowest BCUT2D eigenvalue weighted by Gasteiger charge is -2.02. The smallest absolute Gasteiger partial charge is 0.130 e. The number of halogens is 1. The largest absolute Gasteiger partial charge is 0.206 e. The summed E-state index contributed by atoms with van der Waals surface area (Å²) in [5.74, 6) is -0.183. The second-order valence-electron chi connectivity index (χ2n) is 2.68. The predicted octanol–water partition coefficient (Wildman–Crippen LogP) is 3.09. The molecular formula is C10H11F. The van der Waals surface area contributed by atoms with Crippen LogP contribution >= 0.6 is 0 Å². The number of hydrogen-bond acceptors (Lipinski definition) is 0. The molecule has 0 spiro atoms. The van der Waals surface area contributed by atoms with Gasteiger partial charge in [-0.1, -0.05) is 18.7 Å². The molecule has 0 saturated carbocycles. The molecule has 0 saturated heterocycles. The summed E-state index contributed by atoms with van der Waals surface area (Å²) in [6.45, 7) is 7.30. The normalized spacial score (nSPS) is 9.73. The molecule has 1 heteroatoms. The van der Waals surface area contributed by atoms with Gasteiger partial charge in [0, 0.05) is 5.56 Å². The number of hydrogen-bond donors (Lipinski definition) is 0. The molecule has 1 rings (SSSR count). The van der Waals surface area contributed by atoms with Crippen molar-refractivity contribution in [3.8, 4) is 0 Å². The molecule has 1 aromatic rings. The van der Waals surface area contributed by atoms with Crippen molar-refractivity contribution >= 4 is 6.08 Å². The van der Waals surface area contributed by atoms with Gasteiger partial charge in [-0.2, -0.15) is 0 Å². The van der Waals surface area contributed by atoms with E-state index in [9.17, 15) is 4.39 Å². The summed E-state index contributed by atoms with van der Waals surface area (Å²) in [5, 5.41) is 0. The number of aryl methyl sites for hydroxylation is 2. The minimum absolute atomic E-state index is 0.183. The number of benzene rings is 1. The van der Waals surface area contributed by atoms with E-state index in [0.717, 1.165) is 11.1 Å². The van der Waals surface area contributed by atoms with Crippen molar-refractivity contribution in [1.29, 1.82) is 0 Å². The maximum absolute atomic E-state index is 13.0. The Bertz CT molecular complexity index is 264. The monoisotopic (exact) mass is 150 g/mol. The van der Waals surface area contributed by atoms with Gasteiger partial charge in [0.15, 0.2) is 0 Å². The second kappa shape index (κ2) is 2.87. The molecule has 0 aliphatic carbocycles. The Morgan fingerprint density at radius 3 is 2.45 bits per heavy atom. The first-order chi connectivity index (χ1) is 5.15. The van der Waals surface area contributed by atoms with Gasteiger partial charge in [0.1, 0.15) is 5.82 Å². The molecule has 1 aromatic carbocycles. The molecule has 0 fully saturated rings. The zero-order chi connectivity index (χ0) is 8.43.